The molecule has 1 amide bonds. The monoisotopic (exact) mass is 346 g/mol. The Labute approximate surface area is 148 Å². The van der Waals surface area contributed by atoms with Crippen molar-refractivity contribution in [3.05, 3.63) is 42.4 Å². The third kappa shape index (κ3) is 4.22. The highest BCUT2D eigenvalue weighted by atomic mass is 16.6. The third-order valence-corrected chi connectivity index (χ3v) is 4.19. The van der Waals surface area contributed by atoms with Crippen LogP contribution in [-0.4, -0.2) is 45.3 Å². The standard InChI is InChI=1S/C18H26N4O3/c1-18(2,3)25-17(23)22-9-7-13(12-22)20-15(14-6-5-11-24-14)16-19-8-10-21(16)4/h5-6,8,10-11,13,15,20H,7,9,12H2,1-4H3. The first kappa shape index (κ1) is 17.5. The fourth-order valence-electron chi connectivity index (χ4n) is 3.02. The van der Waals surface area contributed by atoms with Gasteiger partial charge in [-0.2, -0.15) is 0 Å². The fourth-order valence-corrected chi connectivity index (χ4v) is 3.02. The molecule has 7 nitrogen and oxygen atoms in total. The highest BCUT2D eigenvalue weighted by Gasteiger charge is 2.32. The Balaban J connectivity index is 1.68. The van der Waals surface area contributed by atoms with Gasteiger partial charge in [-0.1, -0.05) is 0 Å². The van der Waals surface area contributed by atoms with E-state index in [0.29, 0.717) is 13.1 Å². The molecule has 0 spiro atoms. The van der Waals surface area contributed by atoms with E-state index in [1.165, 1.54) is 0 Å². The average Bonchev–Trinajstić information content (AvgIpc) is 3.25. The maximum absolute atomic E-state index is 12.2. The Kier molecular flexibility index (Phi) is 4.85. The highest BCUT2D eigenvalue weighted by molar-refractivity contribution is 5.68. The molecular formula is C18H26N4O3. The molecule has 7 heteroatoms. The number of carbonyl (C=O) groups is 1. The maximum Gasteiger partial charge on any atom is 0.410 e. The second-order valence-electron chi connectivity index (χ2n) is 7.42. The molecule has 2 atom stereocenters. The number of amides is 1. The molecule has 136 valence electrons. The van der Waals surface area contributed by atoms with Crippen LogP contribution in [0.4, 0.5) is 4.79 Å². The quantitative estimate of drug-likeness (QED) is 0.921. The van der Waals surface area contributed by atoms with Crippen molar-refractivity contribution in [2.45, 2.75) is 44.9 Å². The molecule has 2 aromatic rings. The van der Waals surface area contributed by atoms with Crippen molar-refractivity contribution in [1.82, 2.24) is 19.8 Å². The Morgan fingerprint density at radius 3 is 2.88 bits per heavy atom. The van der Waals surface area contributed by atoms with Crippen LogP contribution in [0.1, 0.15) is 44.8 Å². The second-order valence-corrected chi connectivity index (χ2v) is 7.42. The molecule has 0 aliphatic carbocycles. The summed E-state index contributed by atoms with van der Waals surface area (Å²) in [6.07, 6.45) is 5.95. The van der Waals surface area contributed by atoms with Crippen LogP contribution in [0.25, 0.3) is 0 Å². The molecule has 1 aliphatic heterocycles. The lowest BCUT2D eigenvalue weighted by Crippen LogP contribution is -2.40. The third-order valence-electron chi connectivity index (χ3n) is 4.19. The van der Waals surface area contributed by atoms with Crippen LogP contribution in [0, 0.1) is 0 Å². The Morgan fingerprint density at radius 2 is 2.28 bits per heavy atom. The number of nitrogens with zero attached hydrogens (tertiary/aromatic N) is 3. The minimum atomic E-state index is -0.480. The van der Waals surface area contributed by atoms with Crippen molar-refractivity contribution in [3.63, 3.8) is 0 Å². The van der Waals surface area contributed by atoms with E-state index in [1.54, 1.807) is 17.4 Å². The van der Waals surface area contributed by atoms with Gasteiger partial charge in [0, 0.05) is 38.6 Å². The summed E-state index contributed by atoms with van der Waals surface area (Å²) in [5, 5.41) is 3.58. The number of nitrogens with one attached hydrogen (secondary N) is 1. The van der Waals surface area contributed by atoms with Crippen LogP contribution in [0.2, 0.25) is 0 Å². The maximum atomic E-state index is 12.2. The van der Waals surface area contributed by atoms with Crippen molar-refractivity contribution in [2.75, 3.05) is 13.1 Å². The normalized spacial score (nSPS) is 19.2. The van der Waals surface area contributed by atoms with Crippen LogP contribution < -0.4 is 5.32 Å². The molecular weight excluding hydrogens is 320 g/mol. The van der Waals surface area contributed by atoms with E-state index in [0.717, 1.165) is 18.0 Å². The number of imidazole rings is 1. The summed E-state index contributed by atoms with van der Waals surface area (Å²) < 4.78 is 13.0. The SMILES string of the molecule is Cn1ccnc1C(NC1CCN(C(=O)OC(C)(C)C)C1)c1ccco1. The van der Waals surface area contributed by atoms with Crippen LogP contribution in [0.3, 0.4) is 0 Å². The van der Waals surface area contributed by atoms with E-state index >= 15 is 0 Å². The molecule has 3 heterocycles. The number of rotatable bonds is 4. The molecule has 0 saturated carbocycles. The van der Waals surface area contributed by atoms with E-state index in [4.69, 9.17) is 9.15 Å². The number of ether oxygens (including phenoxy) is 1. The molecule has 1 saturated heterocycles. The van der Waals surface area contributed by atoms with Crippen molar-refractivity contribution in [2.24, 2.45) is 7.05 Å². The lowest BCUT2D eigenvalue weighted by atomic mass is 10.1. The minimum Gasteiger partial charge on any atom is -0.467 e. The van der Waals surface area contributed by atoms with Gasteiger partial charge in [-0.15, -0.1) is 0 Å². The number of carbonyl (C=O) groups excluding carboxylic acids is 1. The van der Waals surface area contributed by atoms with E-state index in [2.05, 4.69) is 10.3 Å². The summed E-state index contributed by atoms with van der Waals surface area (Å²) in [7, 11) is 1.96. The summed E-state index contributed by atoms with van der Waals surface area (Å²) in [4.78, 5) is 18.4. The second kappa shape index (κ2) is 6.92. The minimum absolute atomic E-state index is 0.152. The van der Waals surface area contributed by atoms with E-state index in [-0.39, 0.29) is 18.2 Å². The topological polar surface area (TPSA) is 72.5 Å². The van der Waals surface area contributed by atoms with Gasteiger partial charge in [0.25, 0.3) is 0 Å². The molecule has 1 N–H and O–H groups in total. The van der Waals surface area contributed by atoms with Gasteiger partial charge < -0.3 is 18.6 Å². The molecule has 2 unspecified atom stereocenters. The highest BCUT2D eigenvalue weighted by Crippen LogP contribution is 2.24. The van der Waals surface area contributed by atoms with E-state index in [1.807, 2.05) is 50.7 Å². The molecule has 3 rings (SSSR count). The summed E-state index contributed by atoms with van der Waals surface area (Å²) in [5.41, 5.74) is -0.480. The van der Waals surface area contributed by atoms with E-state index in [9.17, 15) is 4.79 Å². The molecule has 25 heavy (non-hydrogen) atoms. The van der Waals surface area contributed by atoms with Gasteiger partial charge in [-0.05, 0) is 39.3 Å². The average molecular weight is 346 g/mol. The molecule has 0 bridgehead atoms. The lowest BCUT2D eigenvalue weighted by Gasteiger charge is -2.25. The predicted molar refractivity (Wildman–Crippen MR) is 93.1 cm³/mol. The first-order valence-corrected chi connectivity index (χ1v) is 8.58. The zero-order chi connectivity index (χ0) is 18.0. The summed E-state index contributed by atoms with van der Waals surface area (Å²) in [5.74, 6) is 1.69. The Morgan fingerprint density at radius 1 is 1.48 bits per heavy atom. The van der Waals surface area contributed by atoms with Crippen molar-refractivity contribution in [3.8, 4) is 0 Å². The smallest absolute Gasteiger partial charge is 0.410 e. The van der Waals surface area contributed by atoms with Crippen molar-refractivity contribution >= 4 is 6.09 Å². The zero-order valence-corrected chi connectivity index (χ0v) is 15.2. The summed E-state index contributed by atoms with van der Waals surface area (Å²) in [6.45, 7) is 6.93. The van der Waals surface area contributed by atoms with Crippen LogP contribution in [-0.2, 0) is 11.8 Å². The number of furan rings is 1. The molecule has 1 aliphatic rings. The van der Waals surface area contributed by atoms with E-state index < -0.39 is 5.60 Å². The van der Waals surface area contributed by atoms with Gasteiger partial charge >= 0.3 is 6.09 Å². The number of hydrogen-bond acceptors (Lipinski definition) is 5. The van der Waals surface area contributed by atoms with Crippen LogP contribution >= 0.6 is 0 Å². The van der Waals surface area contributed by atoms with Gasteiger partial charge in [-0.25, -0.2) is 9.78 Å². The van der Waals surface area contributed by atoms with Crippen molar-refractivity contribution in [1.29, 1.82) is 0 Å². The van der Waals surface area contributed by atoms with Gasteiger partial charge in [0.1, 0.15) is 23.2 Å². The number of likely N-dealkylation sites (tertiary alicyclic amines) is 1. The predicted octanol–water partition coefficient (Wildman–Crippen LogP) is 2.70. The number of aryl methyl sites for hydroxylation is 1. The number of aromatic nitrogens is 2. The molecule has 1 fully saturated rings. The summed E-state index contributed by atoms with van der Waals surface area (Å²) in [6, 6.07) is 3.81. The van der Waals surface area contributed by atoms with Gasteiger partial charge in [0.05, 0.1) is 6.26 Å². The summed E-state index contributed by atoms with van der Waals surface area (Å²) >= 11 is 0. The molecule has 0 radical (unpaired) electrons. The zero-order valence-electron chi connectivity index (χ0n) is 15.2. The molecule has 2 aromatic heterocycles. The largest absolute Gasteiger partial charge is 0.467 e. The molecule has 0 aromatic carbocycles. The number of hydrogen-bond donors (Lipinski definition) is 1. The first-order chi connectivity index (χ1) is 11.8. The Hall–Kier alpha value is -2.28. The van der Waals surface area contributed by atoms with Gasteiger partial charge in [0.2, 0.25) is 0 Å². The van der Waals surface area contributed by atoms with Crippen LogP contribution in [0.5, 0.6) is 0 Å². The van der Waals surface area contributed by atoms with Gasteiger partial charge in [0.15, 0.2) is 0 Å². The first-order valence-electron chi connectivity index (χ1n) is 8.58. The fraction of sp³-hybridized carbons (Fsp3) is 0.556. The lowest BCUT2D eigenvalue weighted by molar-refractivity contribution is 0.0290. The Bertz CT molecular complexity index is 702. The van der Waals surface area contributed by atoms with Gasteiger partial charge in [-0.3, -0.25) is 5.32 Å². The van der Waals surface area contributed by atoms with Crippen molar-refractivity contribution < 1.29 is 13.9 Å². The van der Waals surface area contributed by atoms with Crippen LogP contribution in [0.15, 0.2) is 35.2 Å².